The highest BCUT2D eigenvalue weighted by molar-refractivity contribution is 7.18. The van der Waals surface area contributed by atoms with Crippen LogP contribution in [0.15, 0.2) is 53.3 Å². The van der Waals surface area contributed by atoms with Crippen LogP contribution in [-0.4, -0.2) is 40.7 Å². The number of nitrogens with zero attached hydrogens (tertiary/aromatic N) is 2. The zero-order chi connectivity index (χ0) is 21.8. The quantitative estimate of drug-likeness (QED) is 0.631. The van der Waals surface area contributed by atoms with Gasteiger partial charge in [-0.05, 0) is 55.7 Å². The van der Waals surface area contributed by atoms with E-state index in [1.54, 1.807) is 35.4 Å². The van der Waals surface area contributed by atoms with Crippen molar-refractivity contribution in [3.8, 4) is 0 Å². The van der Waals surface area contributed by atoms with Gasteiger partial charge in [0.25, 0.3) is 11.8 Å². The van der Waals surface area contributed by atoms with Gasteiger partial charge in [-0.1, -0.05) is 6.07 Å². The molecule has 3 amide bonds. The van der Waals surface area contributed by atoms with Crippen LogP contribution in [0, 0.1) is 12.8 Å². The van der Waals surface area contributed by atoms with Gasteiger partial charge < -0.3 is 20.0 Å². The standard InChI is InChI=1S/C22H22N4O4S/c1-14-5-2-10-23-19(14)25-20(27)15-6-3-11-26(13-15)22(29)17-8-9-18(31-17)24-21(28)16-7-4-12-30-16/h2,4-5,7-10,12,15H,3,6,11,13H2,1H3,(H,24,28)(H,23,25,27). The number of furan rings is 1. The van der Waals surface area contributed by atoms with Gasteiger partial charge in [0.15, 0.2) is 5.76 Å². The molecule has 0 radical (unpaired) electrons. The third-order valence-corrected chi connectivity index (χ3v) is 6.12. The van der Waals surface area contributed by atoms with E-state index in [2.05, 4.69) is 15.6 Å². The Morgan fingerprint density at radius 2 is 2.03 bits per heavy atom. The van der Waals surface area contributed by atoms with Crippen LogP contribution >= 0.6 is 11.3 Å². The molecule has 0 spiro atoms. The number of aryl methyl sites for hydroxylation is 1. The number of thiophene rings is 1. The summed E-state index contributed by atoms with van der Waals surface area (Å²) < 4.78 is 5.08. The fourth-order valence-corrected chi connectivity index (χ4v) is 4.34. The number of hydrogen-bond acceptors (Lipinski definition) is 6. The Kier molecular flexibility index (Phi) is 6.13. The summed E-state index contributed by atoms with van der Waals surface area (Å²) in [6.45, 7) is 2.83. The molecular formula is C22H22N4O4S. The van der Waals surface area contributed by atoms with Crippen molar-refractivity contribution in [2.24, 2.45) is 5.92 Å². The average Bonchev–Trinajstić information content (AvgIpc) is 3.47. The lowest BCUT2D eigenvalue weighted by Crippen LogP contribution is -2.43. The Balaban J connectivity index is 1.37. The van der Waals surface area contributed by atoms with Gasteiger partial charge in [-0.15, -0.1) is 11.3 Å². The Morgan fingerprint density at radius 1 is 1.16 bits per heavy atom. The molecule has 3 aromatic heterocycles. The molecule has 1 aliphatic rings. The predicted octanol–water partition coefficient (Wildman–Crippen LogP) is 3.79. The van der Waals surface area contributed by atoms with Crippen molar-refractivity contribution in [2.45, 2.75) is 19.8 Å². The van der Waals surface area contributed by atoms with Crippen LogP contribution in [-0.2, 0) is 4.79 Å². The van der Waals surface area contributed by atoms with Gasteiger partial charge in [-0.25, -0.2) is 4.98 Å². The van der Waals surface area contributed by atoms with Gasteiger partial charge in [0.05, 0.1) is 22.1 Å². The van der Waals surface area contributed by atoms with Crippen molar-refractivity contribution >= 4 is 39.9 Å². The van der Waals surface area contributed by atoms with E-state index < -0.39 is 0 Å². The summed E-state index contributed by atoms with van der Waals surface area (Å²) in [5.41, 5.74) is 0.891. The van der Waals surface area contributed by atoms with Crippen molar-refractivity contribution in [1.82, 2.24) is 9.88 Å². The van der Waals surface area contributed by atoms with Crippen molar-refractivity contribution in [3.63, 3.8) is 0 Å². The molecule has 0 aliphatic carbocycles. The van der Waals surface area contributed by atoms with Crippen LogP contribution in [0.25, 0.3) is 0 Å². The molecule has 1 saturated heterocycles. The fraction of sp³-hybridized carbons (Fsp3) is 0.273. The maximum Gasteiger partial charge on any atom is 0.291 e. The van der Waals surface area contributed by atoms with Crippen molar-refractivity contribution in [3.05, 3.63) is 65.1 Å². The minimum atomic E-state index is -0.370. The van der Waals surface area contributed by atoms with Crippen molar-refractivity contribution in [2.75, 3.05) is 23.7 Å². The summed E-state index contributed by atoms with van der Waals surface area (Å²) >= 11 is 1.20. The van der Waals surface area contributed by atoms with Gasteiger partial charge in [0.1, 0.15) is 5.82 Å². The Hall–Kier alpha value is -3.46. The van der Waals surface area contributed by atoms with E-state index in [9.17, 15) is 14.4 Å². The Bertz CT molecular complexity index is 1090. The van der Waals surface area contributed by atoms with Crippen LogP contribution in [0.1, 0.15) is 38.6 Å². The van der Waals surface area contributed by atoms with Gasteiger partial charge in [0, 0.05) is 19.3 Å². The summed E-state index contributed by atoms with van der Waals surface area (Å²) in [5, 5.41) is 6.16. The molecule has 4 heterocycles. The normalized spacial score (nSPS) is 16.0. The summed E-state index contributed by atoms with van der Waals surface area (Å²) in [6, 6.07) is 10.3. The largest absolute Gasteiger partial charge is 0.459 e. The van der Waals surface area contributed by atoms with Gasteiger partial charge in [-0.3, -0.25) is 14.4 Å². The molecule has 1 atom stereocenters. The first-order chi connectivity index (χ1) is 15.0. The lowest BCUT2D eigenvalue weighted by atomic mass is 9.97. The molecule has 8 nitrogen and oxygen atoms in total. The molecule has 4 rings (SSSR count). The fourth-order valence-electron chi connectivity index (χ4n) is 3.47. The van der Waals surface area contributed by atoms with Crippen LogP contribution in [0.2, 0.25) is 0 Å². The van der Waals surface area contributed by atoms with Crippen molar-refractivity contribution < 1.29 is 18.8 Å². The number of carbonyl (C=O) groups is 3. The molecule has 160 valence electrons. The average molecular weight is 439 g/mol. The SMILES string of the molecule is Cc1cccnc1NC(=O)C1CCCN(C(=O)c2ccc(NC(=O)c3ccco3)s2)C1. The number of pyridine rings is 1. The number of aromatic nitrogens is 1. The van der Waals surface area contributed by atoms with E-state index >= 15 is 0 Å². The summed E-state index contributed by atoms with van der Waals surface area (Å²) in [4.78, 5) is 44.2. The maximum absolute atomic E-state index is 13.0. The molecule has 0 aromatic carbocycles. The molecule has 0 saturated carbocycles. The number of likely N-dealkylation sites (tertiary alicyclic amines) is 1. The summed E-state index contributed by atoms with van der Waals surface area (Å²) in [7, 11) is 0. The lowest BCUT2D eigenvalue weighted by molar-refractivity contribution is -0.121. The Labute approximate surface area is 183 Å². The van der Waals surface area contributed by atoms with E-state index in [0.29, 0.717) is 28.8 Å². The summed E-state index contributed by atoms with van der Waals surface area (Å²) in [5.74, 6) is -0.185. The number of hydrogen-bond donors (Lipinski definition) is 2. The first-order valence-electron chi connectivity index (χ1n) is 9.97. The third-order valence-electron chi connectivity index (χ3n) is 5.13. The minimum Gasteiger partial charge on any atom is -0.459 e. The topological polar surface area (TPSA) is 105 Å². The maximum atomic E-state index is 13.0. The first-order valence-corrected chi connectivity index (χ1v) is 10.8. The smallest absolute Gasteiger partial charge is 0.291 e. The van der Waals surface area contributed by atoms with Crippen LogP contribution in [0.5, 0.6) is 0 Å². The van der Waals surface area contributed by atoms with E-state index in [0.717, 1.165) is 18.4 Å². The predicted molar refractivity (Wildman–Crippen MR) is 117 cm³/mol. The molecule has 31 heavy (non-hydrogen) atoms. The second kappa shape index (κ2) is 9.13. The first kappa shape index (κ1) is 20.8. The van der Waals surface area contributed by atoms with E-state index in [-0.39, 0.29) is 29.4 Å². The van der Waals surface area contributed by atoms with Crippen LogP contribution in [0.3, 0.4) is 0 Å². The van der Waals surface area contributed by atoms with E-state index in [4.69, 9.17) is 4.42 Å². The monoisotopic (exact) mass is 438 g/mol. The number of amides is 3. The highest BCUT2D eigenvalue weighted by atomic mass is 32.1. The molecule has 3 aromatic rings. The van der Waals surface area contributed by atoms with E-state index in [1.165, 1.54) is 17.6 Å². The zero-order valence-corrected chi connectivity index (χ0v) is 17.8. The Morgan fingerprint density at radius 3 is 2.81 bits per heavy atom. The highest BCUT2D eigenvalue weighted by Crippen LogP contribution is 2.26. The van der Waals surface area contributed by atoms with Crippen LogP contribution in [0.4, 0.5) is 10.8 Å². The molecule has 1 aliphatic heterocycles. The van der Waals surface area contributed by atoms with E-state index in [1.807, 2.05) is 19.1 Å². The molecule has 0 bridgehead atoms. The molecule has 2 N–H and O–H groups in total. The molecule has 9 heteroatoms. The molecule has 1 unspecified atom stereocenters. The van der Waals surface area contributed by atoms with Crippen molar-refractivity contribution in [1.29, 1.82) is 0 Å². The number of anilines is 2. The van der Waals surface area contributed by atoms with Gasteiger partial charge >= 0.3 is 0 Å². The third kappa shape index (κ3) is 4.83. The number of nitrogens with one attached hydrogen (secondary N) is 2. The number of piperidine rings is 1. The second-order valence-corrected chi connectivity index (χ2v) is 8.43. The van der Waals surface area contributed by atoms with Gasteiger partial charge in [-0.2, -0.15) is 0 Å². The lowest BCUT2D eigenvalue weighted by Gasteiger charge is -2.31. The van der Waals surface area contributed by atoms with Crippen LogP contribution < -0.4 is 10.6 Å². The number of carbonyl (C=O) groups excluding carboxylic acids is 3. The second-order valence-electron chi connectivity index (χ2n) is 7.34. The highest BCUT2D eigenvalue weighted by Gasteiger charge is 2.30. The molecular weight excluding hydrogens is 416 g/mol. The number of rotatable bonds is 5. The zero-order valence-electron chi connectivity index (χ0n) is 17.0. The minimum absolute atomic E-state index is 0.128. The van der Waals surface area contributed by atoms with Gasteiger partial charge in [0.2, 0.25) is 5.91 Å². The molecule has 1 fully saturated rings. The summed E-state index contributed by atoms with van der Waals surface area (Å²) in [6.07, 6.45) is 4.53.